The summed E-state index contributed by atoms with van der Waals surface area (Å²) >= 11 is 0. The van der Waals surface area contributed by atoms with Gasteiger partial charge < -0.3 is 20.5 Å². The molecule has 0 radical (unpaired) electrons. The molecule has 3 rings (SSSR count). The molecule has 0 spiro atoms. The number of nitrogens with zero attached hydrogens (tertiary/aromatic N) is 1. The van der Waals surface area contributed by atoms with Crippen molar-refractivity contribution in [1.82, 2.24) is 15.2 Å². The summed E-state index contributed by atoms with van der Waals surface area (Å²) in [6.07, 6.45) is 1.84. The fourth-order valence-electron chi connectivity index (χ4n) is 3.80. The van der Waals surface area contributed by atoms with E-state index >= 15 is 0 Å². The lowest BCUT2D eigenvalue weighted by atomic mass is 10.0. The number of carbonyl (C=O) groups excluding carboxylic acids is 2. The minimum absolute atomic E-state index is 0.0832. The molecule has 1 aromatic heterocycles. The second-order valence-electron chi connectivity index (χ2n) is 7.51. The second kappa shape index (κ2) is 8.66. The number of rotatable bonds is 7. The average molecular weight is 395 g/mol. The van der Waals surface area contributed by atoms with E-state index in [1.54, 1.807) is 0 Å². The van der Waals surface area contributed by atoms with Gasteiger partial charge in [0, 0.05) is 35.7 Å². The van der Waals surface area contributed by atoms with Crippen molar-refractivity contribution in [2.45, 2.75) is 34.6 Å². The molecule has 1 aromatic carbocycles. The standard InChI is InChI=1S/C23H30N4O2/c1-6-27(7-2)11-10-24-23(29)21-15(4)20(25-16(21)5)13-18-17-12-14(3)8-9-19(17)26-22(18)28/h8-9,12-13,25H,6-7,10-11H2,1-5H3,(H,24,29)(H,26,28). The fraction of sp³-hybridized carbons (Fsp3) is 0.391. The summed E-state index contributed by atoms with van der Waals surface area (Å²) in [4.78, 5) is 30.8. The van der Waals surface area contributed by atoms with Crippen LogP contribution in [0.4, 0.5) is 5.69 Å². The van der Waals surface area contributed by atoms with Crippen molar-refractivity contribution < 1.29 is 9.59 Å². The molecule has 0 saturated carbocycles. The van der Waals surface area contributed by atoms with Gasteiger partial charge in [-0.15, -0.1) is 0 Å². The van der Waals surface area contributed by atoms with Crippen LogP contribution in [-0.4, -0.2) is 47.9 Å². The lowest BCUT2D eigenvalue weighted by Crippen LogP contribution is -2.35. The molecular formula is C23H30N4O2. The summed E-state index contributed by atoms with van der Waals surface area (Å²) in [5, 5.41) is 5.92. The van der Waals surface area contributed by atoms with Gasteiger partial charge in [-0.05, 0) is 57.6 Å². The number of hydrogen-bond acceptors (Lipinski definition) is 3. The molecule has 1 aliphatic rings. The highest BCUT2D eigenvalue weighted by molar-refractivity contribution is 6.35. The van der Waals surface area contributed by atoms with Crippen LogP contribution in [0.15, 0.2) is 18.2 Å². The number of likely N-dealkylation sites (N-methyl/N-ethyl adjacent to an activating group) is 1. The number of nitrogens with one attached hydrogen (secondary N) is 3. The van der Waals surface area contributed by atoms with E-state index in [2.05, 4.69) is 34.4 Å². The number of amides is 2. The minimum atomic E-state index is -0.123. The molecule has 2 amide bonds. The molecule has 0 saturated heterocycles. The Labute approximate surface area is 172 Å². The van der Waals surface area contributed by atoms with Crippen LogP contribution in [0.2, 0.25) is 0 Å². The van der Waals surface area contributed by atoms with Crippen LogP contribution < -0.4 is 10.6 Å². The molecule has 0 bridgehead atoms. The number of aryl methyl sites for hydroxylation is 2. The van der Waals surface area contributed by atoms with Crippen molar-refractivity contribution in [2.24, 2.45) is 0 Å². The van der Waals surface area contributed by atoms with Gasteiger partial charge in [0.15, 0.2) is 0 Å². The normalized spacial score (nSPS) is 14.4. The highest BCUT2D eigenvalue weighted by Crippen LogP contribution is 2.34. The van der Waals surface area contributed by atoms with E-state index in [0.29, 0.717) is 17.7 Å². The number of anilines is 1. The van der Waals surface area contributed by atoms with Crippen molar-refractivity contribution in [3.8, 4) is 0 Å². The van der Waals surface area contributed by atoms with Crippen molar-refractivity contribution in [2.75, 3.05) is 31.5 Å². The summed E-state index contributed by atoms with van der Waals surface area (Å²) in [5.74, 6) is -0.206. The predicted molar refractivity (Wildman–Crippen MR) is 118 cm³/mol. The Bertz CT molecular complexity index is 967. The Balaban J connectivity index is 1.83. The lowest BCUT2D eigenvalue weighted by molar-refractivity contribution is -0.110. The van der Waals surface area contributed by atoms with Crippen LogP contribution in [0.5, 0.6) is 0 Å². The molecule has 6 heteroatoms. The van der Waals surface area contributed by atoms with Gasteiger partial charge in [0.25, 0.3) is 11.8 Å². The quantitative estimate of drug-likeness (QED) is 0.629. The van der Waals surface area contributed by atoms with Crippen LogP contribution in [-0.2, 0) is 4.79 Å². The van der Waals surface area contributed by atoms with Gasteiger partial charge in [0.2, 0.25) is 0 Å². The van der Waals surface area contributed by atoms with Crippen molar-refractivity contribution in [1.29, 1.82) is 0 Å². The van der Waals surface area contributed by atoms with Gasteiger partial charge >= 0.3 is 0 Å². The molecule has 0 fully saturated rings. The Morgan fingerprint density at radius 2 is 1.90 bits per heavy atom. The van der Waals surface area contributed by atoms with E-state index in [4.69, 9.17) is 0 Å². The lowest BCUT2D eigenvalue weighted by Gasteiger charge is -2.18. The first-order chi connectivity index (χ1) is 13.8. The van der Waals surface area contributed by atoms with Gasteiger partial charge in [0.05, 0.1) is 11.1 Å². The number of fused-ring (bicyclic) bond motifs is 1. The predicted octanol–water partition coefficient (Wildman–Crippen LogP) is 3.50. The van der Waals surface area contributed by atoms with Gasteiger partial charge in [0.1, 0.15) is 0 Å². The third-order valence-corrected chi connectivity index (χ3v) is 5.56. The number of aromatic amines is 1. The Morgan fingerprint density at radius 3 is 2.59 bits per heavy atom. The largest absolute Gasteiger partial charge is 0.358 e. The first-order valence-electron chi connectivity index (χ1n) is 10.2. The summed E-state index contributed by atoms with van der Waals surface area (Å²) < 4.78 is 0. The van der Waals surface area contributed by atoms with Crippen LogP contribution in [0.3, 0.4) is 0 Å². The number of aromatic nitrogens is 1. The summed E-state index contributed by atoms with van der Waals surface area (Å²) in [5.41, 5.74) is 6.52. The third-order valence-electron chi connectivity index (χ3n) is 5.56. The number of benzene rings is 1. The van der Waals surface area contributed by atoms with Crippen molar-refractivity contribution in [3.05, 3.63) is 51.8 Å². The maximum Gasteiger partial charge on any atom is 0.256 e. The Hall–Kier alpha value is -2.86. The number of H-pyrrole nitrogens is 1. The molecule has 0 atom stereocenters. The van der Waals surface area contributed by atoms with Crippen molar-refractivity contribution in [3.63, 3.8) is 0 Å². The first-order valence-corrected chi connectivity index (χ1v) is 10.2. The fourth-order valence-corrected chi connectivity index (χ4v) is 3.80. The molecular weight excluding hydrogens is 364 g/mol. The SMILES string of the molecule is CCN(CC)CCNC(=O)c1c(C)[nH]c(C=C2C(=O)Nc3ccc(C)cc32)c1C. The minimum Gasteiger partial charge on any atom is -0.358 e. The Kier molecular flexibility index (Phi) is 6.23. The summed E-state index contributed by atoms with van der Waals surface area (Å²) in [6, 6.07) is 5.91. The molecule has 154 valence electrons. The first kappa shape index (κ1) is 20.9. The zero-order chi connectivity index (χ0) is 21.1. The van der Waals surface area contributed by atoms with Crippen LogP contribution in [0.1, 0.15) is 52.3 Å². The van der Waals surface area contributed by atoms with E-state index in [0.717, 1.165) is 53.4 Å². The molecule has 0 aliphatic carbocycles. The maximum atomic E-state index is 12.8. The average Bonchev–Trinajstić information content (AvgIpc) is 3.14. The van der Waals surface area contributed by atoms with E-state index in [-0.39, 0.29) is 11.8 Å². The zero-order valence-electron chi connectivity index (χ0n) is 17.9. The van der Waals surface area contributed by atoms with Gasteiger partial charge in [-0.2, -0.15) is 0 Å². The zero-order valence-corrected chi connectivity index (χ0v) is 17.9. The Morgan fingerprint density at radius 1 is 1.17 bits per heavy atom. The highest BCUT2D eigenvalue weighted by atomic mass is 16.2. The molecule has 1 aliphatic heterocycles. The molecule has 3 N–H and O–H groups in total. The highest BCUT2D eigenvalue weighted by Gasteiger charge is 2.25. The van der Waals surface area contributed by atoms with Crippen LogP contribution in [0.25, 0.3) is 11.6 Å². The smallest absolute Gasteiger partial charge is 0.256 e. The van der Waals surface area contributed by atoms with Gasteiger partial charge in [-0.3, -0.25) is 9.59 Å². The van der Waals surface area contributed by atoms with E-state index in [9.17, 15) is 9.59 Å². The van der Waals surface area contributed by atoms with Gasteiger partial charge in [-0.1, -0.05) is 25.5 Å². The van der Waals surface area contributed by atoms with Gasteiger partial charge in [-0.25, -0.2) is 0 Å². The van der Waals surface area contributed by atoms with Crippen molar-refractivity contribution >= 4 is 29.2 Å². The van der Waals surface area contributed by atoms with E-state index in [1.807, 2.05) is 45.0 Å². The topological polar surface area (TPSA) is 77.2 Å². The van der Waals surface area contributed by atoms with E-state index < -0.39 is 0 Å². The summed E-state index contributed by atoms with van der Waals surface area (Å²) in [6.45, 7) is 13.4. The molecule has 29 heavy (non-hydrogen) atoms. The second-order valence-corrected chi connectivity index (χ2v) is 7.51. The molecule has 2 heterocycles. The molecule has 0 unspecified atom stereocenters. The molecule has 6 nitrogen and oxygen atoms in total. The van der Waals surface area contributed by atoms with Crippen LogP contribution >= 0.6 is 0 Å². The maximum absolute atomic E-state index is 12.8. The number of carbonyl (C=O) groups is 2. The van der Waals surface area contributed by atoms with E-state index in [1.165, 1.54) is 0 Å². The third kappa shape index (κ3) is 4.27. The molecule has 2 aromatic rings. The summed E-state index contributed by atoms with van der Waals surface area (Å²) in [7, 11) is 0. The van der Waals surface area contributed by atoms with Crippen LogP contribution in [0, 0.1) is 20.8 Å². The monoisotopic (exact) mass is 394 g/mol. The number of hydrogen-bond donors (Lipinski definition) is 3.